The van der Waals surface area contributed by atoms with E-state index in [9.17, 15) is 28.8 Å². The van der Waals surface area contributed by atoms with Crippen LogP contribution in [0.4, 0.5) is 0 Å². The van der Waals surface area contributed by atoms with Crippen molar-refractivity contribution < 1.29 is 43.2 Å². The van der Waals surface area contributed by atoms with Crippen LogP contribution in [0.2, 0.25) is 0 Å². The lowest BCUT2D eigenvalue weighted by molar-refractivity contribution is -0.200. The summed E-state index contributed by atoms with van der Waals surface area (Å²) in [5.41, 5.74) is 1.41. The van der Waals surface area contributed by atoms with E-state index in [4.69, 9.17) is 14.4 Å². The quantitative estimate of drug-likeness (QED) is 0.515. The van der Waals surface area contributed by atoms with Gasteiger partial charge in [-0.3, -0.25) is 19.2 Å². The molecule has 0 aromatic heterocycles. The molecule has 0 radical (unpaired) electrons. The second-order valence-corrected chi connectivity index (χ2v) is 8.34. The number of rotatable bonds is 7. The molecule has 2 aromatic rings. The number of hydrogen-bond acceptors (Lipinski definition) is 9. The Morgan fingerprint density at radius 1 is 0.757 bits per heavy atom. The molecule has 0 bridgehead atoms. The number of benzene rings is 2. The average Bonchev–Trinajstić information content (AvgIpc) is 3.39. The second kappa shape index (κ2) is 12.4. The third-order valence-electron chi connectivity index (χ3n) is 5.30. The van der Waals surface area contributed by atoms with Crippen molar-refractivity contribution in [3.63, 3.8) is 0 Å². The first-order valence-corrected chi connectivity index (χ1v) is 11.6. The van der Waals surface area contributed by atoms with Crippen LogP contribution in [0.3, 0.4) is 0 Å². The highest BCUT2D eigenvalue weighted by Gasteiger charge is 2.34. The summed E-state index contributed by atoms with van der Waals surface area (Å²) in [5.74, 6) is -3.24. The summed E-state index contributed by atoms with van der Waals surface area (Å²) < 4.78 is 5.47. The van der Waals surface area contributed by atoms with Gasteiger partial charge in [0.05, 0.1) is 11.5 Å². The van der Waals surface area contributed by atoms with Crippen molar-refractivity contribution in [3.8, 4) is 5.75 Å². The second-order valence-electron chi connectivity index (χ2n) is 8.34. The molecule has 37 heavy (non-hydrogen) atoms. The van der Waals surface area contributed by atoms with Gasteiger partial charge in [0.2, 0.25) is 0 Å². The Bertz CT molecular complexity index is 1150. The molecular weight excluding hydrogens is 484 g/mol. The van der Waals surface area contributed by atoms with Crippen LogP contribution in [-0.4, -0.2) is 52.3 Å². The smallest absolute Gasteiger partial charge is 0.363 e. The first-order valence-electron chi connectivity index (χ1n) is 11.6. The average molecular weight is 510 g/mol. The van der Waals surface area contributed by atoms with Gasteiger partial charge in [0.15, 0.2) is 0 Å². The first kappa shape index (κ1) is 27.1. The number of nitrogens with zero attached hydrogens (tertiary/aromatic N) is 2. The molecule has 2 fully saturated rings. The number of carbonyl (C=O) groups is 6. The summed E-state index contributed by atoms with van der Waals surface area (Å²) in [4.78, 5) is 77.9. The molecule has 2 aliphatic rings. The molecule has 0 N–H and O–H groups in total. The molecule has 4 rings (SSSR count). The van der Waals surface area contributed by atoms with E-state index in [1.807, 2.05) is 19.1 Å². The molecule has 2 saturated heterocycles. The van der Waals surface area contributed by atoms with Crippen LogP contribution in [0.15, 0.2) is 54.6 Å². The Morgan fingerprint density at radius 3 is 1.76 bits per heavy atom. The lowest BCUT2D eigenvalue weighted by Gasteiger charge is -2.16. The Hall–Kier alpha value is -4.54. The fourth-order valence-electron chi connectivity index (χ4n) is 3.13. The maximum atomic E-state index is 11.8. The molecule has 194 valence electrons. The molecule has 11 nitrogen and oxygen atoms in total. The zero-order chi connectivity index (χ0) is 26.9. The minimum absolute atomic E-state index is 0.0837. The summed E-state index contributed by atoms with van der Waals surface area (Å²) in [6.07, 6.45) is 0.364. The van der Waals surface area contributed by atoms with Crippen molar-refractivity contribution in [1.29, 1.82) is 0 Å². The Balaban J connectivity index is 0.000000213. The van der Waals surface area contributed by atoms with Gasteiger partial charge in [-0.05, 0) is 38.1 Å². The largest absolute Gasteiger partial charge is 0.493 e. The molecule has 11 heteroatoms. The van der Waals surface area contributed by atoms with Crippen LogP contribution in [0.1, 0.15) is 48.5 Å². The molecule has 0 saturated carbocycles. The first-order chi connectivity index (χ1) is 17.7. The summed E-state index contributed by atoms with van der Waals surface area (Å²) in [5, 5.41) is 1.08. The van der Waals surface area contributed by atoms with Gasteiger partial charge in [-0.2, -0.15) is 0 Å². The monoisotopic (exact) mass is 510 g/mol. The van der Waals surface area contributed by atoms with Gasteiger partial charge in [-0.1, -0.05) is 35.9 Å². The van der Waals surface area contributed by atoms with Crippen molar-refractivity contribution >= 4 is 35.6 Å². The minimum atomic E-state index is -0.704. The SMILES string of the molecule is Cc1ccc(OCC(C)C(=O)ON2C(=O)CCC2=O)cc1.O=C(ON1C(=O)CCC1=O)c1ccccc1. The molecule has 2 aromatic carbocycles. The van der Waals surface area contributed by atoms with Crippen molar-refractivity contribution in [3.05, 3.63) is 65.7 Å². The van der Waals surface area contributed by atoms with Crippen molar-refractivity contribution in [1.82, 2.24) is 10.1 Å². The van der Waals surface area contributed by atoms with Crippen molar-refractivity contribution in [2.45, 2.75) is 39.5 Å². The third-order valence-corrected chi connectivity index (χ3v) is 5.30. The number of aryl methyl sites for hydroxylation is 1. The van der Waals surface area contributed by atoms with E-state index in [1.54, 1.807) is 49.4 Å². The predicted octanol–water partition coefficient (Wildman–Crippen LogP) is 2.52. The number of amides is 4. The Labute approximate surface area is 212 Å². The highest BCUT2D eigenvalue weighted by Crippen LogP contribution is 2.16. The molecule has 0 spiro atoms. The van der Waals surface area contributed by atoms with Gasteiger partial charge in [-0.25, -0.2) is 9.59 Å². The lowest BCUT2D eigenvalue weighted by atomic mass is 10.2. The molecule has 2 heterocycles. The summed E-state index contributed by atoms with van der Waals surface area (Å²) in [6.45, 7) is 3.69. The minimum Gasteiger partial charge on any atom is -0.493 e. The summed E-state index contributed by atoms with van der Waals surface area (Å²) >= 11 is 0. The van der Waals surface area contributed by atoms with Crippen LogP contribution in [0.5, 0.6) is 5.75 Å². The number of ether oxygens (including phenoxy) is 1. The standard InChI is InChI=1S/C15H17NO5.C11H9NO4/c1-10-3-5-12(6-4-10)20-9-11(2)15(19)21-16-13(17)7-8-14(16)18;13-9-6-7-10(14)12(9)16-11(15)8-4-2-1-3-5-8/h3-6,11H,7-9H2,1-2H3;1-5H,6-7H2. The predicted molar refractivity (Wildman–Crippen MR) is 126 cm³/mol. The van der Waals surface area contributed by atoms with Crippen LogP contribution < -0.4 is 4.74 Å². The number of carbonyl (C=O) groups excluding carboxylic acids is 6. The van der Waals surface area contributed by atoms with Crippen molar-refractivity contribution in [2.24, 2.45) is 5.92 Å². The van der Waals surface area contributed by atoms with E-state index in [1.165, 1.54) is 0 Å². The number of hydrogen-bond donors (Lipinski definition) is 0. The van der Waals surface area contributed by atoms with Gasteiger partial charge in [-0.15, -0.1) is 10.1 Å². The molecule has 2 aliphatic heterocycles. The number of hydroxylamine groups is 4. The van der Waals surface area contributed by atoms with Crippen LogP contribution in [0, 0.1) is 12.8 Å². The van der Waals surface area contributed by atoms with E-state index in [2.05, 4.69) is 0 Å². The van der Waals surface area contributed by atoms with Crippen LogP contribution >= 0.6 is 0 Å². The highest BCUT2D eigenvalue weighted by molar-refractivity contribution is 6.03. The molecular formula is C26H26N2O9. The normalized spacial score (nSPS) is 15.7. The van der Waals surface area contributed by atoms with E-state index in [0.29, 0.717) is 21.4 Å². The van der Waals surface area contributed by atoms with E-state index in [0.717, 1.165) is 5.56 Å². The highest BCUT2D eigenvalue weighted by atomic mass is 16.7. The lowest BCUT2D eigenvalue weighted by Crippen LogP contribution is -2.35. The van der Waals surface area contributed by atoms with E-state index >= 15 is 0 Å². The fourth-order valence-corrected chi connectivity index (χ4v) is 3.13. The fraction of sp³-hybridized carbons (Fsp3) is 0.308. The Kier molecular flexibility index (Phi) is 9.09. The Morgan fingerprint density at radius 2 is 1.24 bits per heavy atom. The van der Waals surface area contributed by atoms with Gasteiger partial charge in [0.1, 0.15) is 12.4 Å². The molecule has 1 unspecified atom stereocenters. The maximum Gasteiger partial charge on any atom is 0.363 e. The molecule has 4 amide bonds. The van der Waals surface area contributed by atoms with Crippen molar-refractivity contribution in [2.75, 3.05) is 6.61 Å². The van der Waals surface area contributed by atoms with E-state index in [-0.39, 0.29) is 32.3 Å². The molecule has 0 aliphatic carbocycles. The maximum absolute atomic E-state index is 11.8. The van der Waals surface area contributed by atoms with Gasteiger partial charge < -0.3 is 14.4 Å². The number of imide groups is 2. The summed E-state index contributed by atoms with van der Waals surface area (Å²) in [6, 6.07) is 15.6. The van der Waals surface area contributed by atoms with Gasteiger partial charge in [0.25, 0.3) is 23.6 Å². The van der Waals surface area contributed by atoms with Crippen LogP contribution in [-0.2, 0) is 33.6 Å². The zero-order valence-corrected chi connectivity index (χ0v) is 20.4. The third kappa shape index (κ3) is 7.47. The zero-order valence-electron chi connectivity index (χ0n) is 20.4. The van der Waals surface area contributed by atoms with E-state index < -0.39 is 41.5 Å². The van der Waals surface area contributed by atoms with Crippen LogP contribution in [0.25, 0.3) is 0 Å². The summed E-state index contributed by atoms with van der Waals surface area (Å²) in [7, 11) is 0. The van der Waals surface area contributed by atoms with Gasteiger partial charge >= 0.3 is 11.9 Å². The van der Waals surface area contributed by atoms with Gasteiger partial charge in [0, 0.05) is 25.7 Å². The topological polar surface area (TPSA) is 137 Å². The molecule has 1 atom stereocenters.